The molecule has 2 aliphatic rings. The third kappa shape index (κ3) is 6.07. The Morgan fingerprint density at radius 2 is 1.91 bits per heavy atom. The zero-order valence-electron chi connectivity index (χ0n) is 21.0. The third-order valence-electron chi connectivity index (χ3n) is 6.36. The molecule has 2 rings (SSSR count). The second-order valence-corrected chi connectivity index (χ2v) is 14.1. The fraction of sp³-hybridized carbons (Fsp3) is 0.739. The lowest BCUT2D eigenvalue weighted by Gasteiger charge is -2.50. The van der Waals surface area contributed by atoms with Gasteiger partial charge in [0, 0.05) is 17.6 Å². The number of hydrogen-bond acceptors (Lipinski definition) is 6. The quantitative estimate of drug-likeness (QED) is 0.245. The summed E-state index contributed by atoms with van der Waals surface area (Å²) in [6, 6.07) is 0.443. The Kier molecular flexibility index (Phi) is 8.63. The SMILES string of the molecule is COCCOCN(C(=O)OC(C)(C)C)C1=N[C@](C)(C2(C)CC(Br)=CC=C2F)C[Si](=N)C1(C)C. The van der Waals surface area contributed by atoms with Crippen molar-refractivity contribution < 1.29 is 23.4 Å². The molecule has 0 bridgehead atoms. The van der Waals surface area contributed by atoms with Crippen molar-refractivity contribution in [2.45, 2.75) is 77.1 Å². The number of carbonyl (C=O) groups is 1. The van der Waals surface area contributed by atoms with Crippen molar-refractivity contribution in [1.82, 2.24) is 4.90 Å². The Morgan fingerprint density at radius 1 is 1.27 bits per heavy atom. The molecule has 0 radical (unpaired) electrons. The number of hydrogen-bond donors (Lipinski definition) is 1. The molecule has 1 aliphatic carbocycles. The van der Waals surface area contributed by atoms with E-state index in [0.29, 0.717) is 24.9 Å². The molecule has 0 spiro atoms. The van der Waals surface area contributed by atoms with Gasteiger partial charge in [-0.25, -0.2) is 14.1 Å². The number of carbonyl (C=O) groups excluding carboxylic acids is 1. The maximum absolute atomic E-state index is 15.3. The highest BCUT2D eigenvalue weighted by Gasteiger charge is 2.55. The van der Waals surface area contributed by atoms with Crippen molar-refractivity contribution in [3.63, 3.8) is 0 Å². The molecule has 33 heavy (non-hydrogen) atoms. The van der Waals surface area contributed by atoms with E-state index >= 15 is 4.39 Å². The number of amides is 1. The Balaban J connectivity index is 2.58. The number of nitrogens with one attached hydrogen (secondary N) is 1. The second-order valence-electron chi connectivity index (χ2n) is 10.6. The van der Waals surface area contributed by atoms with Crippen molar-refractivity contribution in [3.8, 4) is 0 Å². The molecule has 2 atom stereocenters. The molecule has 1 N–H and O–H groups in total. The molecule has 0 aromatic rings. The number of nitrogens with zero attached hydrogens (tertiary/aromatic N) is 2. The number of methoxy groups -OCH3 is 1. The van der Waals surface area contributed by atoms with Crippen LogP contribution < -0.4 is 0 Å². The van der Waals surface area contributed by atoms with Gasteiger partial charge in [0.05, 0.1) is 18.8 Å². The number of amidine groups is 1. The number of aliphatic imine (C=N–C) groups is 1. The minimum absolute atomic E-state index is 0.0929. The van der Waals surface area contributed by atoms with Crippen molar-refractivity contribution in [1.29, 1.82) is 5.05 Å². The average Bonchev–Trinajstić information content (AvgIpc) is 2.67. The largest absolute Gasteiger partial charge is 0.443 e. The van der Waals surface area contributed by atoms with Crippen LogP contribution in [0.25, 0.3) is 0 Å². The first-order chi connectivity index (χ1) is 15.1. The maximum atomic E-state index is 15.3. The van der Waals surface area contributed by atoms with Gasteiger partial charge >= 0.3 is 6.09 Å². The molecule has 1 aliphatic heterocycles. The van der Waals surface area contributed by atoms with Crippen LogP contribution >= 0.6 is 15.9 Å². The molecule has 0 aromatic heterocycles. The lowest BCUT2D eigenvalue weighted by Crippen LogP contribution is -2.56. The molecule has 0 aromatic carbocycles. The van der Waals surface area contributed by atoms with E-state index in [9.17, 15) is 4.79 Å². The standard InChI is InChI=1S/C23H37BrFN3O4Si/c1-20(2,3)32-19(29)28(15-31-12-11-30-8)18-21(4,5)33(26)14-23(7,27-18)22(6)13-16(24)9-10-17(22)25/h9-10,26H,11-15H2,1-8H3/t22?,23-/m0/s1. The van der Waals surface area contributed by atoms with Gasteiger partial charge in [-0.3, -0.25) is 4.99 Å². The Labute approximate surface area is 206 Å². The Morgan fingerprint density at radius 3 is 2.48 bits per heavy atom. The van der Waals surface area contributed by atoms with Crippen LogP contribution in [0, 0.1) is 10.5 Å². The van der Waals surface area contributed by atoms with E-state index < -0.39 is 36.3 Å². The zero-order chi connectivity index (χ0) is 25.2. The molecule has 0 saturated heterocycles. The summed E-state index contributed by atoms with van der Waals surface area (Å²) >= 11 is 3.52. The summed E-state index contributed by atoms with van der Waals surface area (Å²) in [5.74, 6) is 0.137. The molecule has 1 unspecified atom stereocenters. The van der Waals surface area contributed by atoms with E-state index in [2.05, 4.69) is 15.9 Å². The van der Waals surface area contributed by atoms with Crippen molar-refractivity contribution >= 4 is 36.4 Å². The van der Waals surface area contributed by atoms with Gasteiger partial charge in [0.15, 0.2) is 0 Å². The van der Waals surface area contributed by atoms with Gasteiger partial charge in [-0.05, 0) is 56.8 Å². The average molecular weight is 547 g/mol. The van der Waals surface area contributed by atoms with Gasteiger partial charge in [0.25, 0.3) is 0 Å². The summed E-state index contributed by atoms with van der Waals surface area (Å²) in [6.07, 6.45) is 3.00. The third-order valence-corrected chi connectivity index (χ3v) is 9.68. The lowest BCUT2D eigenvalue weighted by atomic mass is 9.68. The fourth-order valence-corrected chi connectivity index (χ4v) is 6.67. The summed E-state index contributed by atoms with van der Waals surface area (Å²) in [5.41, 5.74) is -2.59. The van der Waals surface area contributed by atoms with Crippen LogP contribution in [0.2, 0.25) is 11.1 Å². The molecule has 0 saturated carbocycles. The van der Waals surface area contributed by atoms with E-state index in [4.69, 9.17) is 24.3 Å². The van der Waals surface area contributed by atoms with Crippen LogP contribution in [0.15, 0.2) is 27.5 Å². The molecule has 0 fully saturated rings. The first-order valence-electron chi connectivity index (χ1n) is 11.1. The van der Waals surface area contributed by atoms with Gasteiger partial charge in [0.1, 0.15) is 32.6 Å². The monoisotopic (exact) mass is 545 g/mol. The summed E-state index contributed by atoms with van der Waals surface area (Å²) in [7, 11) is -0.272. The smallest absolute Gasteiger partial charge is 0.417 e. The van der Waals surface area contributed by atoms with E-state index in [0.717, 1.165) is 4.48 Å². The normalized spacial score (nSPS) is 27.5. The molecule has 7 nitrogen and oxygen atoms in total. The minimum atomic E-state index is -1.84. The first kappa shape index (κ1) is 28.0. The van der Waals surface area contributed by atoms with Gasteiger partial charge in [-0.2, -0.15) is 0 Å². The van der Waals surface area contributed by atoms with Crippen LogP contribution in [0.5, 0.6) is 0 Å². The van der Waals surface area contributed by atoms with Gasteiger partial charge in [0.2, 0.25) is 0 Å². The van der Waals surface area contributed by atoms with Crippen molar-refractivity contribution in [3.05, 3.63) is 22.5 Å². The van der Waals surface area contributed by atoms with Crippen molar-refractivity contribution in [2.24, 2.45) is 10.4 Å². The van der Waals surface area contributed by atoms with Crippen LogP contribution in [0.4, 0.5) is 9.18 Å². The second kappa shape index (κ2) is 10.2. The van der Waals surface area contributed by atoms with Crippen LogP contribution in [0.3, 0.4) is 0 Å². The number of allylic oxidation sites excluding steroid dienone is 3. The fourth-order valence-electron chi connectivity index (χ4n) is 3.92. The topological polar surface area (TPSA) is 84.2 Å². The number of halogens is 2. The lowest BCUT2D eigenvalue weighted by molar-refractivity contribution is -0.00351. The Hall–Kier alpha value is -1.23. The summed E-state index contributed by atoms with van der Waals surface area (Å²) in [5, 5.41) is 8.36. The molecule has 1 heterocycles. The van der Waals surface area contributed by atoms with Gasteiger partial charge < -0.3 is 19.3 Å². The number of rotatable bonds is 6. The Bertz CT molecular complexity index is 883. The summed E-state index contributed by atoms with van der Waals surface area (Å²) < 4.78 is 32.6. The predicted octanol–water partition coefficient (Wildman–Crippen LogP) is 6.18. The molecule has 10 heteroatoms. The predicted molar refractivity (Wildman–Crippen MR) is 133 cm³/mol. The first-order valence-corrected chi connectivity index (χ1v) is 13.6. The van der Waals surface area contributed by atoms with Gasteiger partial charge in [-0.1, -0.05) is 36.7 Å². The maximum Gasteiger partial charge on any atom is 0.417 e. The van der Waals surface area contributed by atoms with E-state index in [1.807, 2.05) is 27.7 Å². The zero-order valence-corrected chi connectivity index (χ0v) is 23.6. The molecular weight excluding hydrogens is 509 g/mol. The van der Waals surface area contributed by atoms with Crippen LogP contribution in [-0.4, -0.2) is 63.6 Å². The van der Waals surface area contributed by atoms with E-state index in [-0.39, 0.29) is 19.2 Å². The minimum Gasteiger partial charge on any atom is -0.443 e. The molecular formula is C23H37BrFN3O4Si. The van der Waals surface area contributed by atoms with Crippen LogP contribution in [-0.2, 0) is 14.2 Å². The molecule has 186 valence electrons. The summed E-state index contributed by atoms with van der Waals surface area (Å²) in [4.78, 5) is 19.7. The highest BCUT2D eigenvalue weighted by molar-refractivity contribution is 9.11. The van der Waals surface area contributed by atoms with Gasteiger partial charge in [-0.15, -0.1) is 0 Å². The highest BCUT2D eigenvalue weighted by Crippen LogP contribution is 2.55. The van der Waals surface area contributed by atoms with E-state index in [1.165, 1.54) is 11.0 Å². The molecule has 1 amide bonds. The summed E-state index contributed by atoms with van der Waals surface area (Å²) in [6.45, 7) is 13.5. The van der Waals surface area contributed by atoms with Crippen LogP contribution in [0.1, 0.15) is 54.9 Å². The highest BCUT2D eigenvalue weighted by atomic mass is 79.9. The van der Waals surface area contributed by atoms with Crippen molar-refractivity contribution in [2.75, 3.05) is 27.1 Å². The van der Waals surface area contributed by atoms with E-state index in [1.54, 1.807) is 34.0 Å². The number of ether oxygens (including phenoxy) is 3.